The van der Waals surface area contributed by atoms with Crippen LogP contribution in [0.4, 0.5) is 0 Å². The summed E-state index contributed by atoms with van der Waals surface area (Å²) in [7, 11) is 3.75. The second-order valence-corrected chi connectivity index (χ2v) is 4.17. The van der Waals surface area contributed by atoms with Crippen molar-refractivity contribution in [2.75, 3.05) is 20.7 Å². The first kappa shape index (κ1) is 13.9. The Kier molecular flexibility index (Phi) is 7.15. The molecule has 0 saturated heterocycles. The van der Waals surface area contributed by atoms with Gasteiger partial charge in [0.15, 0.2) is 0 Å². The summed E-state index contributed by atoms with van der Waals surface area (Å²) in [5, 5.41) is 6.72. The van der Waals surface area contributed by atoms with Crippen molar-refractivity contribution in [2.24, 2.45) is 0 Å². The van der Waals surface area contributed by atoms with Crippen molar-refractivity contribution >= 4 is 0 Å². The van der Waals surface area contributed by atoms with E-state index < -0.39 is 0 Å². The Morgan fingerprint density at radius 1 is 1.43 bits per heavy atom. The number of hydrogen-bond acceptors (Lipinski definition) is 3. The maximum Gasteiger partial charge on any atom is 0.104 e. The quantitative estimate of drug-likeness (QED) is 0.588. The van der Waals surface area contributed by atoms with E-state index in [-0.39, 0.29) is 11.8 Å². The second-order valence-electron chi connectivity index (χ2n) is 4.17. The van der Waals surface area contributed by atoms with Crippen molar-refractivity contribution in [3.63, 3.8) is 0 Å². The Balaban J connectivity index is 3.85. The number of rotatable bonds is 8. The van der Waals surface area contributed by atoms with Crippen LogP contribution in [0.15, 0.2) is 0 Å². The third-order valence-corrected chi connectivity index (χ3v) is 2.82. The highest BCUT2D eigenvalue weighted by atomic mass is 16.5. The summed E-state index contributed by atoms with van der Waals surface area (Å²) in [5.74, 6) is 0. The van der Waals surface area contributed by atoms with Crippen LogP contribution in [-0.2, 0) is 4.74 Å². The summed E-state index contributed by atoms with van der Waals surface area (Å²) in [4.78, 5) is 0. The summed E-state index contributed by atoms with van der Waals surface area (Å²) in [6.45, 7) is 7.44. The lowest BCUT2D eigenvalue weighted by Crippen LogP contribution is -2.50. The summed E-state index contributed by atoms with van der Waals surface area (Å²) in [6, 6.07) is 0. The minimum absolute atomic E-state index is 0.129. The molecule has 0 aromatic rings. The summed E-state index contributed by atoms with van der Waals surface area (Å²) in [5.41, 5.74) is 0.183. The molecule has 3 heteroatoms. The number of methoxy groups -OCH3 is 1. The van der Waals surface area contributed by atoms with E-state index in [1.54, 1.807) is 7.11 Å². The molecule has 0 amide bonds. The fourth-order valence-corrected chi connectivity index (χ4v) is 1.32. The maximum absolute atomic E-state index is 5.16. The van der Waals surface area contributed by atoms with Gasteiger partial charge in [-0.25, -0.2) is 0 Å². The first-order chi connectivity index (χ1) is 6.58. The van der Waals surface area contributed by atoms with Gasteiger partial charge in [-0.1, -0.05) is 19.8 Å². The minimum atomic E-state index is 0.129. The Bertz CT molecular complexity index is 141. The molecule has 0 aliphatic heterocycles. The number of likely N-dealkylation sites (N-methyl/N-ethyl adjacent to an activating group) is 1. The molecular weight excluding hydrogens is 176 g/mol. The van der Waals surface area contributed by atoms with E-state index in [1.807, 2.05) is 14.0 Å². The zero-order valence-electron chi connectivity index (χ0n) is 10.3. The van der Waals surface area contributed by atoms with Gasteiger partial charge in [0.05, 0.1) is 0 Å². The lowest BCUT2D eigenvalue weighted by molar-refractivity contribution is 0.0811. The van der Waals surface area contributed by atoms with Crippen molar-refractivity contribution < 1.29 is 4.74 Å². The molecule has 0 radical (unpaired) electrons. The Morgan fingerprint density at radius 3 is 2.50 bits per heavy atom. The van der Waals surface area contributed by atoms with Gasteiger partial charge in [-0.05, 0) is 27.3 Å². The van der Waals surface area contributed by atoms with Gasteiger partial charge < -0.3 is 10.1 Å². The van der Waals surface area contributed by atoms with Crippen molar-refractivity contribution in [3.05, 3.63) is 0 Å². The summed E-state index contributed by atoms with van der Waals surface area (Å²) < 4.78 is 5.16. The average Bonchev–Trinajstić information content (AvgIpc) is 2.23. The zero-order chi connectivity index (χ0) is 11.0. The lowest BCUT2D eigenvalue weighted by Gasteiger charge is -2.31. The normalized spacial score (nSPS) is 17.8. The van der Waals surface area contributed by atoms with Crippen LogP contribution in [0, 0.1) is 0 Å². The molecule has 0 aliphatic rings. The van der Waals surface area contributed by atoms with Crippen LogP contribution in [0.2, 0.25) is 0 Å². The molecule has 0 bridgehead atoms. The predicted molar refractivity (Wildman–Crippen MR) is 61.5 cm³/mol. The van der Waals surface area contributed by atoms with Gasteiger partial charge >= 0.3 is 0 Å². The van der Waals surface area contributed by atoms with Gasteiger partial charge in [0.25, 0.3) is 0 Å². The topological polar surface area (TPSA) is 33.3 Å². The highest BCUT2D eigenvalue weighted by molar-refractivity contribution is 4.83. The third kappa shape index (κ3) is 5.58. The van der Waals surface area contributed by atoms with Crippen molar-refractivity contribution in [1.82, 2.24) is 10.6 Å². The van der Waals surface area contributed by atoms with Gasteiger partial charge in [0, 0.05) is 19.2 Å². The third-order valence-electron chi connectivity index (χ3n) is 2.82. The van der Waals surface area contributed by atoms with E-state index in [2.05, 4.69) is 24.5 Å². The molecule has 0 aromatic carbocycles. The molecule has 0 spiro atoms. The molecule has 0 saturated carbocycles. The van der Waals surface area contributed by atoms with E-state index in [1.165, 1.54) is 19.3 Å². The number of ether oxygens (including phenoxy) is 1. The van der Waals surface area contributed by atoms with Crippen molar-refractivity contribution in [2.45, 2.75) is 51.8 Å². The van der Waals surface area contributed by atoms with E-state index in [4.69, 9.17) is 4.74 Å². The van der Waals surface area contributed by atoms with Crippen LogP contribution >= 0.6 is 0 Å². The molecule has 0 aromatic heterocycles. The molecule has 2 unspecified atom stereocenters. The number of unbranched alkanes of at least 4 members (excludes halogenated alkanes) is 1. The maximum atomic E-state index is 5.16. The van der Waals surface area contributed by atoms with E-state index in [9.17, 15) is 0 Å². The van der Waals surface area contributed by atoms with Gasteiger partial charge in [-0.2, -0.15) is 0 Å². The van der Waals surface area contributed by atoms with E-state index in [0.717, 1.165) is 6.54 Å². The van der Waals surface area contributed by atoms with E-state index >= 15 is 0 Å². The van der Waals surface area contributed by atoms with Crippen molar-refractivity contribution in [1.29, 1.82) is 0 Å². The summed E-state index contributed by atoms with van der Waals surface area (Å²) in [6.07, 6.45) is 3.84. The smallest absolute Gasteiger partial charge is 0.104 e. The van der Waals surface area contributed by atoms with Crippen LogP contribution < -0.4 is 10.6 Å². The Morgan fingerprint density at radius 2 is 2.07 bits per heavy atom. The number of hydrogen-bond donors (Lipinski definition) is 2. The molecule has 86 valence electrons. The highest BCUT2D eigenvalue weighted by Gasteiger charge is 2.21. The Hall–Kier alpha value is -0.120. The minimum Gasteiger partial charge on any atom is -0.367 e. The molecule has 2 atom stereocenters. The molecule has 0 rings (SSSR count). The van der Waals surface area contributed by atoms with Gasteiger partial charge in [-0.15, -0.1) is 0 Å². The average molecular weight is 202 g/mol. The molecule has 3 nitrogen and oxygen atoms in total. The standard InChI is InChI=1S/C11H26N2O/c1-6-7-8-11(3,12-4)9-13-10(2)14-5/h10,12-13H,6-9H2,1-5H3. The van der Waals surface area contributed by atoms with Crippen LogP contribution in [0.5, 0.6) is 0 Å². The fourth-order valence-electron chi connectivity index (χ4n) is 1.32. The lowest BCUT2D eigenvalue weighted by atomic mass is 9.95. The van der Waals surface area contributed by atoms with Gasteiger partial charge in [-0.3, -0.25) is 5.32 Å². The molecular formula is C11H26N2O. The molecule has 2 N–H and O–H groups in total. The second kappa shape index (κ2) is 7.21. The van der Waals surface area contributed by atoms with Gasteiger partial charge in [0.1, 0.15) is 6.23 Å². The molecule has 0 fully saturated rings. The molecule has 0 aliphatic carbocycles. The van der Waals surface area contributed by atoms with Crippen LogP contribution in [0.3, 0.4) is 0 Å². The zero-order valence-corrected chi connectivity index (χ0v) is 10.3. The van der Waals surface area contributed by atoms with Gasteiger partial charge in [0.2, 0.25) is 0 Å². The van der Waals surface area contributed by atoms with E-state index in [0.29, 0.717) is 0 Å². The van der Waals surface area contributed by atoms with Crippen LogP contribution in [-0.4, -0.2) is 32.5 Å². The first-order valence-electron chi connectivity index (χ1n) is 5.53. The van der Waals surface area contributed by atoms with Crippen molar-refractivity contribution in [3.8, 4) is 0 Å². The largest absolute Gasteiger partial charge is 0.367 e. The highest BCUT2D eigenvalue weighted by Crippen LogP contribution is 2.12. The Labute approximate surface area is 88.6 Å². The fraction of sp³-hybridized carbons (Fsp3) is 1.00. The molecule has 14 heavy (non-hydrogen) atoms. The van der Waals surface area contributed by atoms with Crippen LogP contribution in [0.25, 0.3) is 0 Å². The SMILES string of the molecule is CCCCC(C)(CNC(C)OC)NC. The number of nitrogens with one attached hydrogen (secondary N) is 2. The summed E-state index contributed by atoms with van der Waals surface area (Å²) >= 11 is 0. The predicted octanol–water partition coefficient (Wildman–Crippen LogP) is 1.74. The molecule has 0 heterocycles. The first-order valence-corrected chi connectivity index (χ1v) is 5.53. The van der Waals surface area contributed by atoms with Crippen LogP contribution in [0.1, 0.15) is 40.0 Å². The monoisotopic (exact) mass is 202 g/mol.